The van der Waals surface area contributed by atoms with Crippen LogP contribution < -0.4 is 29.6 Å². The summed E-state index contributed by atoms with van der Waals surface area (Å²) in [6, 6.07) is 9.67. The van der Waals surface area contributed by atoms with E-state index in [4.69, 9.17) is 18.9 Å². The lowest BCUT2D eigenvalue weighted by Gasteiger charge is -2.32. The van der Waals surface area contributed by atoms with Crippen molar-refractivity contribution in [1.82, 2.24) is 20.2 Å². The quantitative estimate of drug-likeness (QED) is 0.469. The molecule has 1 fully saturated rings. The number of amides is 3. The summed E-state index contributed by atoms with van der Waals surface area (Å²) in [7, 11) is 3.06. The second-order valence-electron chi connectivity index (χ2n) is 8.89. The molecule has 0 unspecified atom stereocenters. The maximum absolute atomic E-state index is 13.1. The van der Waals surface area contributed by atoms with E-state index in [1.807, 2.05) is 0 Å². The number of likely N-dealkylation sites (tertiary alicyclic amines) is 1. The fraction of sp³-hybridized carbons (Fsp3) is 0.296. The van der Waals surface area contributed by atoms with Crippen LogP contribution in [0.4, 0.5) is 5.82 Å². The van der Waals surface area contributed by atoms with Gasteiger partial charge < -0.3 is 34.5 Å². The SMILES string of the molecule is COc1ccc(C(=O)N2CCC(NC(=O)c3nccnc3NC(=O)c3ccc4c(c3)OCO4)CC2)cc1OC. The summed E-state index contributed by atoms with van der Waals surface area (Å²) in [5, 5.41) is 5.60. The number of aromatic nitrogens is 2. The number of carbonyl (C=O) groups excluding carboxylic acids is 3. The zero-order chi connectivity index (χ0) is 27.4. The Hall–Kier alpha value is -4.87. The van der Waals surface area contributed by atoms with E-state index in [-0.39, 0.29) is 30.3 Å². The molecule has 3 aromatic rings. The predicted molar refractivity (Wildman–Crippen MR) is 138 cm³/mol. The number of ether oxygens (including phenoxy) is 4. The Bertz CT molecular complexity index is 1410. The van der Waals surface area contributed by atoms with Gasteiger partial charge in [0.1, 0.15) is 0 Å². The number of fused-ring (bicyclic) bond motifs is 1. The van der Waals surface area contributed by atoms with Crippen LogP contribution >= 0.6 is 0 Å². The van der Waals surface area contributed by atoms with E-state index in [0.717, 1.165) is 0 Å². The van der Waals surface area contributed by atoms with Crippen LogP contribution in [0.15, 0.2) is 48.8 Å². The third kappa shape index (κ3) is 5.54. The molecule has 202 valence electrons. The number of rotatable bonds is 7. The average Bonchev–Trinajstić information content (AvgIpc) is 3.45. The lowest BCUT2D eigenvalue weighted by Crippen LogP contribution is -2.46. The number of anilines is 1. The molecule has 39 heavy (non-hydrogen) atoms. The first-order valence-corrected chi connectivity index (χ1v) is 12.3. The maximum Gasteiger partial charge on any atom is 0.273 e. The average molecular weight is 534 g/mol. The fourth-order valence-corrected chi connectivity index (χ4v) is 4.45. The molecule has 0 saturated carbocycles. The van der Waals surface area contributed by atoms with Gasteiger partial charge in [-0.15, -0.1) is 0 Å². The molecule has 12 nitrogen and oxygen atoms in total. The summed E-state index contributed by atoms with van der Waals surface area (Å²) in [5.41, 5.74) is 0.816. The van der Waals surface area contributed by atoms with Crippen molar-refractivity contribution in [2.45, 2.75) is 18.9 Å². The zero-order valence-corrected chi connectivity index (χ0v) is 21.4. The minimum atomic E-state index is -0.468. The Kier molecular flexibility index (Phi) is 7.43. The Labute approximate surface area is 224 Å². The summed E-state index contributed by atoms with van der Waals surface area (Å²) in [6.45, 7) is 1.02. The molecular weight excluding hydrogens is 506 g/mol. The minimum Gasteiger partial charge on any atom is -0.493 e. The third-order valence-electron chi connectivity index (χ3n) is 6.53. The van der Waals surface area contributed by atoms with E-state index in [0.29, 0.717) is 60.1 Å². The molecular formula is C27H27N5O7. The smallest absolute Gasteiger partial charge is 0.273 e. The molecule has 0 radical (unpaired) electrons. The van der Waals surface area contributed by atoms with Gasteiger partial charge >= 0.3 is 0 Å². The molecule has 1 aromatic heterocycles. The van der Waals surface area contributed by atoms with Gasteiger partial charge in [-0.25, -0.2) is 9.97 Å². The van der Waals surface area contributed by atoms with Gasteiger partial charge in [0, 0.05) is 42.7 Å². The van der Waals surface area contributed by atoms with E-state index in [2.05, 4.69) is 20.6 Å². The van der Waals surface area contributed by atoms with Crippen LogP contribution in [-0.2, 0) is 0 Å². The Morgan fingerprint density at radius 2 is 1.59 bits per heavy atom. The molecule has 2 aliphatic rings. The zero-order valence-electron chi connectivity index (χ0n) is 21.4. The molecule has 3 amide bonds. The number of nitrogens with one attached hydrogen (secondary N) is 2. The monoisotopic (exact) mass is 533 g/mol. The van der Waals surface area contributed by atoms with E-state index in [9.17, 15) is 14.4 Å². The fourth-order valence-electron chi connectivity index (χ4n) is 4.45. The highest BCUT2D eigenvalue weighted by molar-refractivity contribution is 6.07. The lowest BCUT2D eigenvalue weighted by molar-refractivity contribution is 0.0697. The van der Waals surface area contributed by atoms with Crippen LogP contribution in [0.25, 0.3) is 0 Å². The number of hydrogen-bond acceptors (Lipinski definition) is 9. The van der Waals surface area contributed by atoms with Crippen molar-refractivity contribution < 1.29 is 33.3 Å². The summed E-state index contributed by atoms with van der Waals surface area (Å²) in [5.74, 6) is 1.04. The molecule has 1 saturated heterocycles. The number of nitrogens with zero attached hydrogens (tertiary/aromatic N) is 3. The molecule has 12 heteroatoms. The van der Waals surface area contributed by atoms with Crippen molar-refractivity contribution in [2.75, 3.05) is 39.4 Å². The predicted octanol–water partition coefficient (Wildman–Crippen LogP) is 2.51. The van der Waals surface area contributed by atoms with Crippen molar-refractivity contribution in [1.29, 1.82) is 0 Å². The highest BCUT2D eigenvalue weighted by Crippen LogP contribution is 2.33. The molecule has 0 aliphatic carbocycles. The number of piperidine rings is 1. The van der Waals surface area contributed by atoms with Gasteiger partial charge in [0.25, 0.3) is 17.7 Å². The largest absolute Gasteiger partial charge is 0.493 e. The van der Waals surface area contributed by atoms with Gasteiger partial charge in [-0.3, -0.25) is 14.4 Å². The summed E-state index contributed by atoms with van der Waals surface area (Å²) in [6.07, 6.45) is 3.90. The van der Waals surface area contributed by atoms with Gasteiger partial charge in [0.2, 0.25) is 6.79 Å². The highest BCUT2D eigenvalue weighted by atomic mass is 16.7. The highest BCUT2D eigenvalue weighted by Gasteiger charge is 2.27. The van der Waals surface area contributed by atoms with E-state index in [1.165, 1.54) is 26.6 Å². The van der Waals surface area contributed by atoms with Crippen LogP contribution in [0.5, 0.6) is 23.0 Å². The maximum atomic E-state index is 13.1. The molecule has 0 spiro atoms. The van der Waals surface area contributed by atoms with Crippen LogP contribution in [0.2, 0.25) is 0 Å². The van der Waals surface area contributed by atoms with E-state index < -0.39 is 11.8 Å². The number of methoxy groups -OCH3 is 2. The summed E-state index contributed by atoms with van der Waals surface area (Å²) < 4.78 is 21.1. The van der Waals surface area contributed by atoms with Crippen molar-refractivity contribution in [3.8, 4) is 23.0 Å². The van der Waals surface area contributed by atoms with Crippen LogP contribution in [0.1, 0.15) is 44.0 Å². The second-order valence-corrected chi connectivity index (χ2v) is 8.89. The van der Waals surface area contributed by atoms with Crippen molar-refractivity contribution in [2.24, 2.45) is 0 Å². The van der Waals surface area contributed by atoms with Gasteiger partial charge in [-0.2, -0.15) is 0 Å². The Morgan fingerprint density at radius 3 is 2.36 bits per heavy atom. The van der Waals surface area contributed by atoms with Gasteiger partial charge in [-0.05, 0) is 49.2 Å². The standard InChI is InChI=1S/C27H27N5O7/c1-36-19-5-4-17(14-21(19)37-2)27(35)32-11-7-18(8-12-32)30-26(34)23-24(29-10-9-28-23)31-25(33)16-3-6-20-22(13-16)39-15-38-20/h3-6,9-10,13-14,18H,7-8,11-12,15H2,1-2H3,(H,30,34)(H,29,31,33). The van der Waals surface area contributed by atoms with Gasteiger partial charge in [-0.1, -0.05) is 0 Å². The van der Waals surface area contributed by atoms with Crippen molar-refractivity contribution in [3.05, 3.63) is 65.6 Å². The second kappa shape index (κ2) is 11.3. The number of carbonyl (C=O) groups is 3. The minimum absolute atomic E-state index is 0.00423. The molecule has 2 aliphatic heterocycles. The van der Waals surface area contributed by atoms with Crippen LogP contribution in [0, 0.1) is 0 Å². The topological polar surface area (TPSA) is 141 Å². The van der Waals surface area contributed by atoms with Crippen molar-refractivity contribution in [3.63, 3.8) is 0 Å². The van der Waals surface area contributed by atoms with Gasteiger partial charge in [0.05, 0.1) is 14.2 Å². The van der Waals surface area contributed by atoms with E-state index >= 15 is 0 Å². The molecule has 2 aromatic carbocycles. The number of benzene rings is 2. The molecule has 2 N–H and O–H groups in total. The summed E-state index contributed by atoms with van der Waals surface area (Å²) >= 11 is 0. The Morgan fingerprint density at radius 1 is 0.872 bits per heavy atom. The van der Waals surface area contributed by atoms with Crippen LogP contribution in [0.3, 0.4) is 0 Å². The number of hydrogen-bond donors (Lipinski definition) is 2. The first-order chi connectivity index (χ1) is 19.0. The first kappa shape index (κ1) is 25.8. The van der Waals surface area contributed by atoms with Crippen LogP contribution in [-0.4, -0.2) is 72.7 Å². The first-order valence-electron chi connectivity index (χ1n) is 12.3. The summed E-state index contributed by atoms with van der Waals surface area (Å²) in [4.78, 5) is 48.9. The lowest BCUT2D eigenvalue weighted by atomic mass is 10.0. The van der Waals surface area contributed by atoms with Gasteiger partial charge in [0.15, 0.2) is 34.5 Å². The molecule has 0 atom stereocenters. The molecule has 5 rings (SSSR count). The normalized spacial score (nSPS) is 14.5. The Balaban J connectivity index is 1.19. The molecule has 3 heterocycles. The third-order valence-corrected chi connectivity index (χ3v) is 6.53. The molecule has 0 bridgehead atoms. The van der Waals surface area contributed by atoms with E-state index in [1.54, 1.807) is 41.3 Å². The van der Waals surface area contributed by atoms with Crippen molar-refractivity contribution >= 4 is 23.5 Å².